The zero-order valence-corrected chi connectivity index (χ0v) is 21.1. The number of pyridine rings is 1. The molecule has 6 N–H and O–H groups in total. The number of rotatable bonds is 4. The lowest BCUT2D eigenvalue weighted by molar-refractivity contribution is 0.275. The molecular weight excluding hydrogens is 477 g/mol. The Morgan fingerprint density at radius 2 is 1.68 bits per heavy atom. The second-order valence-corrected chi connectivity index (χ2v) is 10.8. The van der Waals surface area contributed by atoms with Crippen LogP contribution in [0.3, 0.4) is 0 Å². The number of aromatic nitrogens is 1. The number of phosphoric acid groups is 1. The number of nitrogens with zero attached hydrogens (tertiary/aromatic N) is 1. The van der Waals surface area contributed by atoms with Gasteiger partial charge in [0.1, 0.15) is 5.75 Å². The third-order valence-corrected chi connectivity index (χ3v) is 5.72. The van der Waals surface area contributed by atoms with E-state index in [1.807, 2.05) is 24.3 Å². The van der Waals surface area contributed by atoms with Gasteiger partial charge in [-0.3, -0.25) is 4.98 Å². The number of benzene rings is 2. The summed E-state index contributed by atoms with van der Waals surface area (Å²) in [4.78, 5) is 26.0. The number of phenols is 1. The predicted octanol–water partition coefficient (Wildman–Crippen LogP) is 5.18. The average molecular weight is 508 g/mol. The third kappa shape index (κ3) is 7.40. The quantitative estimate of drug-likeness (QED) is 0.210. The monoisotopic (exact) mass is 507 g/mol. The second-order valence-electron chi connectivity index (χ2n) is 9.36. The number of nitrogens with one attached hydrogen (secondary N) is 2. The predicted molar refractivity (Wildman–Crippen MR) is 136 cm³/mol. The van der Waals surface area contributed by atoms with Crippen molar-refractivity contribution < 1.29 is 24.4 Å². The number of anilines is 2. The maximum Gasteiger partial charge on any atom is 0.466 e. The van der Waals surface area contributed by atoms with Crippen molar-refractivity contribution in [3.8, 4) is 5.75 Å². The van der Waals surface area contributed by atoms with Crippen LogP contribution < -0.4 is 10.6 Å². The SMILES string of the molecule is CC(C)(C)NCc1cc(Nc2ccnc3cc(Cl)ccc23)c2c(c1O)CCCC2.O=P(O)(O)O. The van der Waals surface area contributed by atoms with E-state index in [0.717, 1.165) is 59.1 Å². The molecule has 1 aliphatic carbocycles. The lowest BCUT2D eigenvalue weighted by Gasteiger charge is -2.26. The van der Waals surface area contributed by atoms with Gasteiger partial charge in [0, 0.05) is 45.6 Å². The van der Waals surface area contributed by atoms with Crippen molar-refractivity contribution in [1.82, 2.24) is 10.3 Å². The molecule has 0 amide bonds. The van der Waals surface area contributed by atoms with Crippen LogP contribution in [0, 0.1) is 0 Å². The minimum Gasteiger partial charge on any atom is -0.507 e. The Morgan fingerprint density at radius 3 is 2.32 bits per heavy atom. The molecule has 34 heavy (non-hydrogen) atoms. The van der Waals surface area contributed by atoms with Gasteiger partial charge in [-0.15, -0.1) is 0 Å². The molecule has 0 radical (unpaired) electrons. The molecule has 0 saturated heterocycles. The summed E-state index contributed by atoms with van der Waals surface area (Å²) in [7, 11) is -4.64. The smallest absolute Gasteiger partial charge is 0.466 e. The van der Waals surface area contributed by atoms with Crippen LogP contribution in [0.15, 0.2) is 36.5 Å². The van der Waals surface area contributed by atoms with E-state index in [0.29, 0.717) is 17.3 Å². The number of phenolic OH excluding ortho intramolecular Hbond substituents is 1. The summed E-state index contributed by atoms with van der Waals surface area (Å²) in [6.07, 6.45) is 5.97. The fourth-order valence-electron chi connectivity index (χ4n) is 3.97. The van der Waals surface area contributed by atoms with Crippen LogP contribution in [0.5, 0.6) is 5.75 Å². The van der Waals surface area contributed by atoms with Gasteiger partial charge in [0.15, 0.2) is 0 Å². The summed E-state index contributed by atoms with van der Waals surface area (Å²) in [6.45, 7) is 7.03. The molecule has 0 atom stereocenters. The molecule has 2 aromatic carbocycles. The lowest BCUT2D eigenvalue weighted by Crippen LogP contribution is -2.35. The van der Waals surface area contributed by atoms with Gasteiger partial charge in [0.25, 0.3) is 0 Å². The number of halogens is 1. The number of hydrogen-bond acceptors (Lipinski definition) is 5. The van der Waals surface area contributed by atoms with Crippen molar-refractivity contribution in [2.75, 3.05) is 5.32 Å². The van der Waals surface area contributed by atoms with E-state index in [1.54, 1.807) is 6.20 Å². The van der Waals surface area contributed by atoms with Gasteiger partial charge >= 0.3 is 7.82 Å². The van der Waals surface area contributed by atoms with Gasteiger partial charge in [0.05, 0.1) is 5.52 Å². The van der Waals surface area contributed by atoms with Gasteiger partial charge in [0.2, 0.25) is 0 Å². The van der Waals surface area contributed by atoms with Crippen LogP contribution in [0.4, 0.5) is 11.4 Å². The maximum atomic E-state index is 10.9. The average Bonchev–Trinajstić information content (AvgIpc) is 2.73. The topological polar surface area (TPSA) is 135 Å². The van der Waals surface area contributed by atoms with Crippen molar-refractivity contribution in [1.29, 1.82) is 0 Å². The van der Waals surface area contributed by atoms with E-state index >= 15 is 0 Å². The molecule has 0 unspecified atom stereocenters. The van der Waals surface area contributed by atoms with E-state index in [1.165, 1.54) is 5.56 Å². The van der Waals surface area contributed by atoms with Gasteiger partial charge in [-0.1, -0.05) is 11.6 Å². The molecule has 1 aliphatic rings. The molecule has 0 saturated carbocycles. The van der Waals surface area contributed by atoms with E-state index in [2.05, 4.69) is 42.5 Å². The highest BCUT2D eigenvalue weighted by molar-refractivity contribution is 7.45. The molecule has 0 aliphatic heterocycles. The summed E-state index contributed by atoms with van der Waals surface area (Å²) in [6, 6.07) is 9.86. The van der Waals surface area contributed by atoms with Crippen molar-refractivity contribution in [3.05, 3.63) is 58.2 Å². The van der Waals surface area contributed by atoms with Gasteiger partial charge in [-0.2, -0.15) is 0 Å². The van der Waals surface area contributed by atoms with Crippen LogP contribution in [-0.4, -0.2) is 30.3 Å². The van der Waals surface area contributed by atoms with Crippen molar-refractivity contribution in [3.63, 3.8) is 0 Å². The largest absolute Gasteiger partial charge is 0.507 e. The van der Waals surface area contributed by atoms with Gasteiger partial charge < -0.3 is 30.4 Å². The van der Waals surface area contributed by atoms with E-state index in [4.69, 9.17) is 30.8 Å². The first-order valence-electron chi connectivity index (χ1n) is 11.0. The normalized spacial score (nSPS) is 13.7. The Balaban J connectivity index is 0.000000588. The Hall–Kier alpha value is -2.19. The first-order chi connectivity index (χ1) is 15.8. The summed E-state index contributed by atoms with van der Waals surface area (Å²) < 4.78 is 8.88. The van der Waals surface area contributed by atoms with E-state index in [9.17, 15) is 5.11 Å². The second kappa shape index (κ2) is 10.6. The maximum absolute atomic E-state index is 10.9. The highest BCUT2D eigenvalue weighted by atomic mass is 35.5. The van der Waals surface area contributed by atoms with Crippen LogP contribution >= 0.6 is 19.4 Å². The van der Waals surface area contributed by atoms with Crippen LogP contribution in [0.1, 0.15) is 50.3 Å². The molecule has 10 heteroatoms. The first-order valence-corrected chi connectivity index (χ1v) is 13.0. The van der Waals surface area contributed by atoms with Crippen molar-refractivity contribution >= 4 is 41.7 Å². The Labute approximate surface area is 204 Å². The summed E-state index contributed by atoms with van der Waals surface area (Å²) >= 11 is 6.14. The van der Waals surface area contributed by atoms with Gasteiger partial charge in [-0.05, 0) is 87.9 Å². The Morgan fingerprint density at radius 1 is 1.03 bits per heavy atom. The van der Waals surface area contributed by atoms with Crippen molar-refractivity contribution in [2.24, 2.45) is 0 Å². The van der Waals surface area contributed by atoms with E-state index in [-0.39, 0.29) is 5.54 Å². The minimum absolute atomic E-state index is 0.0174. The lowest BCUT2D eigenvalue weighted by atomic mass is 9.87. The Kier molecular flexibility index (Phi) is 8.24. The molecule has 1 aromatic heterocycles. The third-order valence-electron chi connectivity index (χ3n) is 5.48. The van der Waals surface area contributed by atoms with Crippen LogP contribution in [0.25, 0.3) is 10.9 Å². The highest BCUT2D eigenvalue weighted by Gasteiger charge is 2.22. The molecule has 0 bridgehead atoms. The Bertz CT molecular complexity index is 1220. The van der Waals surface area contributed by atoms with E-state index < -0.39 is 7.82 Å². The summed E-state index contributed by atoms with van der Waals surface area (Å²) in [5.74, 6) is 0.452. The molecular formula is C24H31ClN3O5P. The number of aromatic hydroxyl groups is 1. The molecule has 0 fully saturated rings. The number of fused-ring (bicyclic) bond motifs is 2. The summed E-state index contributed by atoms with van der Waals surface area (Å²) in [5.41, 5.74) is 6.18. The van der Waals surface area contributed by atoms with Crippen LogP contribution in [-0.2, 0) is 24.0 Å². The molecule has 184 valence electrons. The minimum atomic E-state index is -4.64. The zero-order valence-electron chi connectivity index (χ0n) is 19.5. The molecule has 3 aromatic rings. The first kappa shape index (κ1) is 26.4. The molecule has 0 spiro atoms. The summed E-state index contributed by atoms with van der Waals surface area (Å²) in [5, 5.41) is 19.8. The standard InChI is InChI=1S/C24H28ClN3O.H3O4P/c1-24(2,3)27-14-15-12-22(17-6-4-5-7-18(17)23(15)29)28-20-10-11-26-21-13-16(25)8-9-19(20)21;1-5(2,3)4/h8-13,27,29H,4-7,14H2,1-3H3,(H,26,28);(H3,1,2,3,4). The van der Waals surface area contributed by atoms with Crippen LogP contribution in [0.2, 0.25) is 5.02 Å². The highest BCUT2D eigenvalue weighted by Crippen LogP contribution is 2.39. The zero-order chi connectivity index (χ0) is 25.1. The fourth-order valence-corrected chi connectivity index (χ4v) is 4.14. The molecule has 8 nitrogen and oxygen atoms in total. The molecule has 1 heterocycles. The van der Waals surface area contributed by atoms with Gasteiger partial charge in [-0.25, -0.2) is 4.57 Å². The number of hydrogen-bond donors (Lipinski definition) is 6. The molecule has 4 rings (SSSR count). The fraction of sp³-hybridized carbons (Fsp3) is 0.375. The van der Waals surface area contributed by atoms with Crippen molar-refractivity contribution in [2.45, 2.75) is 58.5 Å².